The highest BCUT2D eigenvalue weighted by Crippen LogP contribution is 2.30. The predicted octanol–water partition coefficient (Wildman–Crippen LogP) is 5.85. The zero-order chi connectivity index (χ0) is 28.0. The van der Waals surface area contributed by atoms with E-state index in [4.69, 9.17) is 19.2 Å². The summed E-state index contributed by atoms with van der Waals surface area (Å²) in [4.78, 5) is 23.9. The van der Waals surface area contributed by atoms with Crippen LogP contribution in [0.4, 0.5) is 0 Å². The molecular formula is C32H32N4O5. The lowest BCUT2D eigenvalue weighted by molar-refractivity contribution is -0.162. The lowest BCUT2D eigenvalue weighted by atomic mass is 10.0. The van der Waals surface area contributed by atoms with E-state index >= 15 is 0 Å². The molecule has 0 spiro atoms. The second kappa shape index (κ2) is 12.4. The Morgan fingerprint density at radius 3 is 2.46 bits per heavy atom. The van der Waals surface area contributed by atoms with E-state index in [-0.39, 0.29) is 12.2 Å². The van der Waals surface area contributed by atoms with Gasteiger partial charge in [-0.1, -0.05) is 36.4 Å². The minimum atomic E-state index is -0.439. The lowest BCUT2D eigenvalue weighted by Gasteiger charge is -2.22. The van der Waals surface area contributed by atoms with Crippen LogP contribution in [-0.2, 0) is 9.47 Å². The number of rotatable bonds is 10. The van der Waals surface area contributed by atoms with Crippen LogP contribution in [0.1, 0.15) is 32.1 Å². The second-order valence-electron chi connectivity index (χ2n) is 10.0. The summed E-state index contributed by atoms with van der Waals surface area (Å²) in [6.45, 7) is 2.15. The number of imidazole rings is 1. The maximum atomic E-state index is 12.4. The first kappa shape index (κ1) is 26.7. The molecule has 0 bridgehead atoms. The quantitative estimate of drug-likeness (QED) is 0.209. The summed E-state index contributed by atoms with van der Waals surface area (Å²) in [6.07, 6.45) is 9.69. The fraction of sp³-hybridized carbons (Fsp3) is 0.281. The van der Waals surface area contributed by atoms with Crippen LogP contribution in [0.2, 0.25) is 0 Å². The first-order valence-electron chi connectivity index (χ1n) is 14.0. The van der Waals surface area contributed by atoms with Gasteiger partial charge in [0.15, 0.2) is 6.29 Å². The monoisotopic (exact) mass is 552 g/mol. The van der Waals surface area contributed by atoms with Gasteiger partial charge in [-0.3, -0.25) is 4.98 Å². The van der Waals surface area contributed by atoms with Crippen LogP contribution in [0.25, 0.3) is 39.0 Å². The van der Waals surface area contributed by atoms with Crippen LogP contribution >= 0.6 is 0 Å². The highest BCUT2D eigenvalue weighted by molar-refractivity contribution is 5.89. The third-order valence-corrected chi connectivity index (χ3v) is 7.20. The van der Waals surface area contributed by atoms with Gasteiger partial charge >= 0.3 is 5.69 Å². The third-order valence-electron chi connectivity index (χ3n) is 7.20. The number of nitrogens with zero attached hydrogens (tertiary/aromatic N) is 3. The number of unbranched alkanes of at least 4 members (excludes halogenated alkanes) is 1. The van der Waals surface area contributed by atoms with Gasteiger partial charge in [-0.05, 0) is 67.5 Å². The summed E-state index contributed by atoms with van der Waals surface area (Å²) in [5.74, 6) is 0.659. The van der Waals surface area contributed by atoms with Crippen LogP contribution in [0.15, 0.2) is 84.0 Å². The van der Waals surface area contributed by atoms with Crippen LogP contribution in [0.3, 0.4) is 0 Å². The molecule has 1 atom stereocenters. The minimum Gasteiger partial charge on any atom is -0.494 e. The molecule has 0 radical (unpaired) electrons. The summed E-state index contributed by atoms with van der Waals surface area (Å²) >= 11 is 0. The van der Waals surface area contributed by atoms with Gasteiger partial charge in [0.05, 0.1) is 29.7 Å². The molecule has 0 amide bonds. The minimum absolute atomic E-state index is 0.0322. The van der Waals surface area contributed by atoms with Gasteiger partial charge in [-0.25, -0.2) is 14.3 Å². The van der Waals surface area contributed by atoms with E-state index in [1.807, 2.05) is 48.5 Å². The van der Waals surface area contributed by atoms with Crippen LogP contribution < -0.4 is 10.4 Å². The maximum Gasteiger partial charge on any atom is 0.333 e. The van der Waals surface area contributed by atoms with Gasteiger partial charge in [-0.2, -0.15) is 0 Å². The average Bonchev–Trinajstić information content (AvgIpc) is 3.36. The molecule has 41 heavy (non-hydrogen) atoms. The van der Waals surface area contributed by atoms with E-state index in [9.17, 15) is 9.90 Å². The number of ether oxygens (including phenoxy) is 3. The van der Waals surface area contributed by atoms with Crippen molar-refractivity contribution in [3.05, 3.63) is 89.7 Å². The summed E-state index contributed by atoms with van der Waals surface area (Å²) in [5, 5.41) is 10.9. The summed E-state index contributed by atoms with van der Waals surface area (Å²) < 4.78 is 18.5. The summed E-state index contributed by atoms with van der Waals surface area (Å²) in [5.41, 5.74) is 4.44. The van der Waals surface area contributed by atoms with Gasteiger partial charge in [0, 0.05) is 36.6 Å². The van der Waals surface area contributed by atoms with Crippen molar-refractivity contribution in [3.63, 3.8) is 0 Å². The fourth-order valence-corrected chi connectivity index (χ4v) is 5.00. The Labute approximate surface area is 237 Å². The summed E-state index contributed by atoms with van der Waals surface area (Å²) in [7, 11) is 0. The van der Waals surface area contributed by atoms with Crippen molar-refractivity contribution >= 4 is 10.9 Å². The molecule has 5 aromatic rings. The largest absolute Gasteiger partial charge is 0.494 e. The van der Waals surface area contributed by atoms with Crippen LogP contribution in [-0.4, -0.2) is 50.7 Å². The van der Waals surface area contributed by atoms with Crippen molar-refractivity contribution < 1.29 is 19.3 Å². The molecule has 210 valence electrons. The smallest absolute Gasteiger partial charge is 0.333 e. The molecule has 1 aliphatic rings. The molecule has 9 nitrogen and oxygen atoms in total. The first-order valence-corrected chi connectivity index (χ1v) is 14.0. The Morgan fingerprint density at radius 2 is 1.73 bits per heavy atom. The highest BCUT2D eigenvalue weighted by atomic mass is 16.7. The Kier molecular flexibility index (Phi) is 8.06. The molecule has 1 fully saturated rings. The van der Waals surface area contributed by atoms with Crippen LogP contribution in [0, 0.1) is 0 Å². The van der Waals surface area contributed by atoms with Gasteiger partial charge in [-0.15, -0.1) is 0 Å². The fourth-order valence-electron chi connectivity index (χ4n) is 5.00. The van der Waals surface area contributed by atoms with E-state index in [1.165, 1.54) is 17.2 Å². The van der Waals surface area contributed by atoms with Crippen molar-refractivity contribution in [1.82, 2.24) is 19.5 Å². The molecular weight excluding hydrogens is 520 g/mol. The van der Waals surface area contributed by atoms with Crippen molar-refractivity contribution in [1.29, 1.82) is 0 Å². The maximum absolute atomic E-state index is 12.4. The van der Waals surface area contributed by atoms with Gasteiger partial charge < -0.3 is 24.3 Å². The lowest BCUT2D eigenvalue weighted by Crippen LogP contribution is -2.22. The molecule has 1 saturated heterocycles. The number of aromatic nitrogens is 4. The molecule has 2 aromatic carbocycles. The molecule has 3 aromatic heterocycles. The molecule has 1 unspecified atom stereocenters. The number of aromatic amines is 1. The first-order chi connectivity index (χ1) is 20.2. The van der Waals surface area contributed by atoms with E-state index in [0.29, 0.717) is 35.5 Å². The van der Waals surface area contributed by atoms with E-state index in [2.05, 4.69) is 9.97 Å². The Morgan fingerprint density at radius 1 is 0.976 bits per heavy atom. The number of hydrogen-bond acceptors (Lipinski definition) is 7. The average molecular weight is 553 g/mol. The SMILES string of the molecule is O=c1[nH]cc(O)n1-c1cc(-c2ccc(-c3ccc(OCCCCOC4CCCCO4)cc3)cc2)nc2ccncc12. The number of fused-ring (bicyclic) bond motifs is 1. The Bertz CT molecular complexity index is 1650. The zero-order valence-electron chi connectivity index (χ0n) is 22.7. The van der Waals surface area contributed by atoms with Gasteiger partial charge in [0.25, 0.3) is 0 Å². The van der Waals surface area contributed by atoms with Crippen molar-refractivity contribution in [3.8, 4) is 39.7 Å². The number of aromatic hydroxyl groups is 1. The standard InChI is InChI=1S/C32H32N4O5/c37-30-21-34-32(38)36(30)29-19-28(35-27-14-15-33-20-26(27)29)24-8-6-22(7-9-24)23-10-12-25(13-11-23)39-16-3-4-18-41-31-5-1-2-17-40-31/h6-15,19-21,31,37H,1-5,16-18H2,(H,34,38). The molecule has 2 N–H and O–H groups in total. The van der Waals surface area contributed by atoms with Crippen molar-refractivity contribution in [2.45, 2.75) is 38.4 Å². The third kappa shape index (κ3) is 6.16. The number of hydrogen-bond donors (Lipinski definition) is 2. The molecule has 9 heteroatoms. The zero-order valence-corrected chi connectivity index (χ0v) is 22.7. The number of benzene rings is 2. The molecule has 0 aliphatic carbocycles. The predicted molar refractivity (Wildman–Crippen MR) is 156 cm³/mol. The van der Waals surface area contributed by atoms with E-state index < -0.39 is 5.69 Å². The molecule has 0 saturated carbocycles. The topological polar surface area (TPSA) is 111 Å². The van der Waals surface area contributed by atoms with Crippen molar-refractivity contribution in [2.75, 3.05) is 19.8 Å². The molecule has 6 rings (SSSR count). The number of nitrogens with one attached hydrogen (secondary N) is 1. The van der Waals surface area contributed by atoms with E-state index in [1.54, 1.807) is 24.5 Å². The molecule has 4 heterocycles. The van der Waals surface area contributed by atoms with Crippen molar-refractivity contribution in [2.24, 2.45) is 0 Å². The number of pyridine rings is 2. The Balaban J connectivity index is 1.10. The number of H-pyrrole nitrogens is 1. The highest BCUT2D eigenvalue weighted by Gasteiger charge is 2.15. The normalized spacial score (nSPS) is 15.3. The van der Waals surface area contributed by atoms with Gasteiger partial charge in [0.2, 0.25) is 5.88 Å². The summed E-state index contributed by atoms with van der Waals surface area (Å²) in [6, 6.07) is 19.7. The Hall–Kier alpha value is -4.47. The van der Waals surface area contributed by atoms with Crippen LogP contribution in [0.5, 0.6) is 11.6 Å². The van der Waals surface area contributed by atoms with Gasteiger partial charge in [0.1, 0.15) is 5.75 Å². The van der Waals surface area contributed by atoms with E-state index in [0.717, 1.165) is 54.7 Å². The second-order valence-corrected chi connectivity index (χ2v) is 10.0. The molecule has 1 aliphatic heterocycles.